The topological polar surface area (TPSA) is 74.4 Å². The van der Waals surface area contributed by atoms with E-state index in [2.05, 4.69) is 10.3 Å². The predicted molar refractivity (Wildman–Crippen MR) is 83.0 cm³/mol. The maximum absolute atomic E-state index is 12.3. The monoisotopic (exact) mass is 301 g/mol. The summed E-state index contributed by atoms with van der Waals surface area (Å²) < 4.78 is 5.45. The van der Waals surface area contributed by atoms with Gasteiger partial charge in [-0.2, -0.15) is 0 Å². The molecule has 1 fully saturated rings. The number of likely N-dealkylation sites (N-methyl/N-ethyl adjacent to an activating group) is 1. The highest BCUT2D eigenvalue weighted by atomic mass is 16.5. The van der Waals surface area contributed by atoms with E-state index in [1.807, 2.05) is 25.1 Å². The van der Waals surface area contributed by atoms with Crippen LogP contribution in [0, 0.1) is 0 Å². The van der Waals surface area contributed by atoms with Gasteiger partial charge < -0.3 is 19.9 Å². The van der Waals surface area contributed by atoms with Gasteiger partial charge in [0.15, 0.2) is 0 Å². The summed E-state index contributed by atoms with van der Waals surface area (Å²) in [6.45, 7) is 3.08. The number of hydrogen-bond acceptors (Lipinski definition) is 3. The molecule has 1 aliphatic rings. The summed E-state index contributed by atoms with van der Waals surface area (Å²) in [4.78, 5) is 28.5. The van der Waals surface area contributed by atoms with Gasteiger partial charge in [-0.05, 0) is 25.1 Å². The first-order valence-electron chi connectivity index (χ1n) is 7.37. The van der Waals surface area contributed by atoms with Gasteiger partial charge in [-0.3, -0.25) is 9.59 Å². The number of carbonyl (C=O) groups excluding carboxylic acids is 2. The number of nitrogens with zero attached hydrogens (tertiary/aromatic N) is 1. The Bertz CT molecular complexity index is 722. The number of benzene rings is 1. The van der Waals surface area contributed by atoms with Crippen molar-refractivity contribution >= 4 is 22.7 Å². The van der Waals surface area contributed by atoms with Crippen molar-refractivity contribution in [1.29, 1.82) is 0 Å². The highest BCUT2D eigenvalue weighted by Crippen LogP contribution is 2.21. The summed E-state index contributed by atoms with van der Waals surface area (Å²) in [7, 11) is 1.74. The molecule has 6 heteroatoms. The third-order valence-corrected chi connectivity index (χ3v) is 3.83. The number of nitrogens with one attached hydrogen (secondary N) is 2. The van der Waals surface area contributed by atoms with E-state index in [-0.39, 0.29) is 17.9 Å². The van der Waals surface area contributed by atoms with E-state index in [0.717, 1.165) is 16.7 Å². The molecule has 2 amide bonds. The van der Waals surface area contributed by atoms with Crippen LogP contribution in [0.15, 0.2) is 24.3 Å². The quantitative estimate of drug-likeness (QED) is 0.899. The van der Waals surface area contributed by atoms with Crippen LogP contribution in [-0.2, 0) is 4.79 Å². The summed E-state index contributed by atoms with van der Waals surface area (Å²) in [5, 5.41) is 3.84. The number of fused-ring (bicyclic) bond motifs is 1. The van der Waals surface area contributed by atoms with Crippen molar-refractivity contribution in [3.8, 4) is 5.75 Å². The van der Waals surface area contributed by atoms with Gasteiger partial charge in [-0.25, -0.2) is 0 Å². The molecule has 2 aromatic rings. The summed E-state index contributed by atoms with van der Waals surface area (Å²) in [6.07, 6.45) is 0.358. The van der Waals surface area contributed by atoms with E-state index >= 15 is 0 Å². The summed E-state index contributed by atoms with van der Waals surface area (Å²) in [6, 6.07) is 7.35. The molecule has 0 saturated carbocycles. The first-order valence-corrected chi connectivity index (χ1v) is 7.37. The Balaban J connectivity index is 1.75. The van der Waals surface area contributed by atoms with Crippen molar-refractivity contribution in [2.75, 3.05) is 20.2 Å². The van der Waals surface area contributed by atoms with Crippen LogP contribution in [0.2, 0.25) is 0 Å². The number of likely N-dealkylation sites (tertiary alicyclic amines) is 1. The minimum Gasteiger partial charge on any atom is -0.494 e. The normalized spacial score (nSPS) is 18.0. The average molecular weight is 301 g/mol. The zero-order valence-corrected chi connectivity index (χ0v) is 12.7. The second kappa shape index (κ2) is 5.71. The number of aromatic amines is 1. The lowest BCUT2D eigenvalue weighted by molar-refractivity contribution is -0.126. The van der Waals surface area contributed by atoms with E-state index in [4.69, 9.17) is 4.74 Å². The molecule has 3 rings (SSSR count). The molecule has 0 radical (unpaired) electrons. The minimum atomic E-state index is -0.192. The van der Waals surface area contributed by atoms with Crippen LogP contribution in [0.3, 0.4) is 0 Å². The van der Waals surface area contributed by atoms with Crippen molar-refractivity contribution in [1.82, 2.24) is 15.2 Å². The lowest BCUT2D eigenvalue weighted by atomic mass is 10.2. The van der Waals surface area contributed by atoms with Gasteiger partial charge in [0.05, 0.1) is 12.6 Å². The molecule has 1 unspecified atom stereocenters. The minimum absolute atomic E-state index is 0.0586. The highest BCUT2D eigenvalue weighted by molar-refractivity contribution is 5.98. The molecule has 0 aliphatic carbocycles. The van der Waals surface area contributed by atoms with Crippen LogP contribution in [0.1, 0.15) is 23.8 Å². The van der Waals surface area contributed by atoms with E-state index < -0.39 is 0 Å². The van der Waals surface area contributed by atoms with Gasteiger partial charge in [0.2, 0.25) is 5.91 Å². The van der Waals surface area contributed by atoms with Crippen LogP contribution in [0.5, 0.6) is 5.75 Å². The first kappa shape index (κ1) is 14.4. The molecule has 0 bridgehead atoms. The van der Waals surface area contributed by atoms with Gasteiger partial charge in [0.25, 0.3) is 5.91 Å². The number of carbonyl (C=O) groups is 2. The number of amides is 2. The Labute approximate surface area is 128 Å². The van der Waals surface area contributed by atoms with E-state index in [0.29, 0.717) is 25.3 Å². The molecule has 2 N–H and O–H groups in total. The predicted octanol–water partition coefficient (Wildman–Crippen LogP) is 1.53. The second-order valence-corrected chi connectivity index (χ2v) is 5.51. The number of aromatic nitrogens is 1. The summed E-state index contributed by atoms with van der Waals surface area (Å²) >= 11 is 0. The molecule has 1 aromatic heterocycles. The Morgan fingerprint density at radius 3 is 2.95 bits per heavy atom. The van der Waals surface area contributed by atoms with Crippen LogP contribution in [0.25, 0.3) is 10.9 Å². The van der Waals surface area contributed by atoms with Gasteiger partial charge in [-0.15, -0.1) is 0 Å². The van der Waals surface area contributed by atoms with E-state index in [1.165, 1.54) is 0 Å². The molecule has 1 aliphatic heterocycles. The molecule has 0 spiro atoms. The van der Waals surface area contributed by atoms with Crippen LogP contribution >= 0.6 is 0 Å². The molecular formula is C16H19N3O3. The lowest BCUT2D eigenvalue weighted by Gasteiger charge is -2.11. The van der Waals surface area contributed by atoms with Crippen molar-refractivity contribution in [2.45, 2.75) is 19.4 Å². The molecule has 1 atom stereocenters. The molecule has 1 aromatic carbocycles. The van der Waals surface area contributed by atoms with E-state index in [1.54, 1.807) is 18.0 Å². The van der Waals surface area contributed by atoms with Crippen molar-refractivity contribution in [3.05, 3.63) is 30.0 Å². The average Bonchev–Trinajstić information content (AvgIpc) is 3.03. The van der Waals surface area contributed by atoms with Crippen molar-refractivity contribution in [2.24, 2.45) is 0 Å². The van der Waals surface area contributed by atoms with Gasteiger partial charge in [0, 0.05) is 37.0 Å². The fourth-order valence-corrected chi connectivity index (χ4v) is 2.71. The van der Waals surface area contributed by atoms with Gasteiger partial charge >= 0.3 is 0 Å². The number of rotatable bonds is 4. The van der Waals surface area contributed by atoms with Gasteiger partial charge in [-0.1, -0.05) is 0 Å². The fourth-order valence-electron chi connectivity index (χ4n) is 2.71. The Hall–Kier alpha value is -2.50. The number of H-pyrrole nitrogens is 1. The SMILES string of the molecule is CCOc1ccc2cc(C(=O)NC3CC(=O)N(C)C3)[nH]c2c1. The van der Waals surface area contributed by atoms with Crippen molar-refractivity contribution in [3.63, 3.8) is 0 Å². The Morgan fingerprint density at radius 2 is 2.27 bits per heavy atom. The first-order chi connectivity index (χ1) is 10.6. The largest absolute Gasteiger partial charge is 0.494 e. The van der Waals surface area contributed by atoms with Crippen LogP contribution < -0.4 is 10.1 Å². The van der Waals surface area contributed by atoms with E-state index in [9.17, 15) is 9.59 Å². The zero-order chi connectivity index (χ0) is 15.7. The summed E-state index contributed by atoms with van der Waals surface area (Å²) in [5.41, 5.74) is 1.35. The lowest BCUT2D eigenvalue weighted by Crippen LogP contribution is -2.36. The fraction of sp³-hybridized carbons (Fsp3) is 0.375. The molecular weight excluding hydrogens is 282 g/mol. The smallest absolute Gasteiger partial charge is 0.268 e. The molecule has 2 heterocycles. The standard InChI is InChI=1S/C16H19N3O3/c1-3-22-12-5-4-10-6-14(18-13(10)8-12)16(21)17-11-7-15(20)19(2)9-11/h4-6,8,11,18H,3,7,9H2,1-2H3,(H,17,21). The number of hydrogen-bond donors (Lipinski definition) is 2. The van der Waals surface area contributed by atoms with Crippen LogP contribution in [-0.4, -0.2) is 47.9 Å². The van der Waals surface area contributed by atoms with Crippen molar-refractivity contribution < 1.29 is 14.3 Å². The molecule has 6 nitrogen and oxygen atoms in total. The second-order valence-electron chi connectivity index (χ2n) is 5.51. The maximum atomic E-state index is 12.3. The molecule has 116 valence electrons. The number of ether oxygens (including phenoxy) is 1. The maximum Gasteiger partial charge on any atom is 0.268 e. The third-order valence-electron chi connectivity index (χ3n) is 3.83. The highest BCUT2D eigenvalue weighted by Gasteiger charge is 2.28. The molecule has 1 saturated heterocycles. The van der Waals surface area contributed by atoms with Gasteiger partial charge in [0.1, 0.15) is 11.4 Å². The third kappa shape index (κ3) is 2.77. The van der Waals surface area contributed by atoms with Crippen LogP contribution in [0.4, 0.5) is 0 Å². The molecule has 22 heavy (non-hydrogen) atoms. The summed E-state index contributed by atoms with van der Waals surface area (Å²) in [5.74, 6) is 0.636. The Morgan fingerprint density at radius 1 is 1.45 bits per heavy atom. The Kier molecular flexibility index (Phi) is 3.75. The zero-order valence-electron chi connectivity index (χ0n) is 12.7.